The number of phenols is 1. The van der Waals surface area contributed by atoms with Crippen molar-refractivity contribution in [2.24, 2.45) is 5.73 Å². The molecule has 25 heavy (non-hydrogen) atoms. The molecule has 4 N–H and O–H groups in total. The molecule has 0 bridgehead atoms. The molecule has 1 aromatic heterocycles. The fraction of sp³-hybridized carbons (Fsp3) is 0.158. The lowest BCUT2D eigenvalue weighted by Crippen LogP contribution is -2.15. The van der Waals surface area contributed by atoms with Crippen molar-refractivity contribution in [2.45, 2.75) is 19.3 Å². The van der Waals surface area contributed by atoms with E-state index in [1.165, 1.54) is 12.1 Å². The van der Waals surface area contributed by atoms with Gasteiger partial charge in [-0.25, -0.2) is 4.39 Å². The zero-order chi connectivity index (χ0) is 17.8. The van der Waals surface area contributed by atoms with Crippen LogP contribution in [0, 0.1) is 5.82 Å². The standard InChI is InChI=1S/C19H18FN3O2/c20-14-6-1-13(2-7-14)11-17-18(19(21)25)16(22-23-17)10-5-12-3-8-15(24)9-4-12/h1-4,6-9,24H,5,10-11H2,(H2,21,25)(H,22,23). The van der Waals surface area contributed by atoms with Crippen molar-refractivity contribution in [1.29, 1.82) is 0 Å². The zero-order valence-corrected chi connectivity index (χ0v) is 13.5. The van der Waals surface area contributed by atoms with Gasteiger partial charge >= 0.3 is 0 Å². The van der Waals surface area contributed by atoms with Crippen LogP contribution in [0.1, 0.15) is 32.9 Å². The van der Waals surface area contributed by atoms with Crippen LogP contribution in [0.15, 0.2) is 48.5 Å². The van der Waals surface area contributed by atoms with Crippen LogP contribution in [0.2, 0.25) is 0 Å². The molecule has 1 heterocycles. The first kappa shape index (κ1) is 16.7. The summed E-state index contributed by atoms with van der Waals surface area (Å²) in [7, 11) is 0. The minimum Gasteiger partial charge on any atom is -0.508 e. The van der Waals surface area contributed by atoms with E-state index >= 15 is 0 Å². The summed E-state index contributed by atoms with van der Waals surface area (Å²) in [4.78, 5) is 11.9. The molecule has 2 aromatic carbocycles. The first-order valence-electron chi connectivity index (χ1n) is 7.91. The highest BCUT2D eigenvalue weighted by Crippen LogP contribution is 2.18. The van der Waals surface area contributed by atoms with Crippen LogP contribution < -0.4 is 5.73 Å². The van der Waals surface area contributed by atoms with Crippen molar-refractivity contribution in [3.8, 4) is 5.75 Å². The number of nitrogens with zero attached hydrogens (tertiary/aromatic N) is 1. The molecule has 6 heteroatoms. The fourth-order valence-electron chi connectivity index (χ4n) is 2.75. The Morgan fingerprint density at radius 2 is 1.68 bits per heavy atom. The van der Waals surface area contributed by atoms with E-state index in [0.717, 1.165) is 11.1 Å². The Hall–Kier alpha value is -3.15. The van der Waals surface area contributed by atoms with Crippen molar-refractivity contribution in [2.75, 3.05) is 0 Å². The second kappa shape index (κ2) is 7.17. The molecule has 3 aromatic rings. The number of carbonyl (C=O) groups excluding carboxylic acids is 1. The smallest absolute Gasteiger partial charge is 0.252 e. The van der Waals surface area contributed by atoms with Gasteiger partial charge < -0.3 is 10.8 Å². The number of aromatic nitrogens is 2. The lowest BCUT2D eigenvalue weighted by Gasteiger charge is -2.04. The maximum absolute atomic E-state index is 13.0. The average molecular weight is 339 g/mol. The SMILES string of the molecule is NC(=O)c1c(CCc2ccc(O)cc2)n[nH]c1Cc1ccc(F)cc1. The molecule has 1 amide bonds. The third kappa shape index (κ3) is 4.03. The molecular weight excluding hydrogens is 321 g/mol. The molecule has 128 valence electrons. The van der Waals surface area contributed by atoms with Crippen LogP contribution in [0.3, 0.4) is 0 Å². The summed E-state index contributed by atoms with van der Waals surface area (Å²) < 4.78 is 13.0. The average Bonchev–Trinajstić information content (AvgIpc) is 2.99. The molecule has 0 aliphatic carbocycles. The van der Waals surface area contributed by atoms with Crippen molar-refractivity contribution >= 4 is 5.91 Å². The van der Waals surface area contributed by atoms with Crippen molar-refractivity contribution in [1.82, 2.24) is 10.2 Å². The van der Waals surface area contributed by atoms with Crippen molar-refractivity contribution in [3.05, 3.63) is 82.4 Å². The van der Waals surface area contributed by atoms with E-state index in [1.807, 2.05) is 12.1 Å². The van der Waals surface area contributed by atoms with Crippen LogP contribution in [0.25, 0.3) is 0 Å². The predicted molar refractivity (Wildman–Crippen MR) is 91.8 cm³/mol. The molecule has 5 nitrogen and oxygen atoms in total. The summed E-state index contributed by atoms with van der Waals surface area (Å²) >= 11 is 0. The summed E-state index contributed by atoms with van der Waals surface area (Å²) in [5, 5.41) is 16.4. The van der Waals surface area contributed by atoms with Crippen LogP contribution >= 0.6 is 0 Å². The summed E-state index contributed by atoms with van der Waals surface area (Å²) in [6.45, 7) is 0. The number of nitrogens with two attached hydrogens (primary N) is 1. The molecule has 0 atom stereocenters. The first-order valence-corrected chi connectivity index (χ1v) is 7.91. The second-order valence-electron chi connectivity index (χ2n) is 5.86. The number of primary amides is 1. The molecular formula is C19H18FN3O2. The first-order chi connectivity index (χ1) is 12.0. The largest absolute Gasteiger partial charge is 0.508 e. The monoisotopic (exact) mass is 339 g/mol. The van der Waals surface area contributed by atoms with Gasteiger partial charge in [-0.05, 0) is 48.2 Å². The topological polar surface area (TPSA) is 92.0 Å². The molecule has 0 saturated heterocycles. The van der Waals surface area contributed by atoms with Gasteiger partial charge in [0.05, 0.1) is 17.0 Å². The van der Waals surface area contributed by atoms with Crippen LogP contribution in [0.5, 0.6) is 5.75 Å². The van der Waals surface area contributed by atoms with Crippen molar-refractivity contribution < 1.29 is 14.3 Å². The number of phenolic OH excluding ortho intramolecular Hbond substituents is 1. The van der Waals surface area contributed by atoms with E-state index in [1.54, 1.807) is 24.3 Å². The Bertz CT molecular complexity index is 871. The number of halogens is 1. The summed E-state index contributed by atoms with van der Waals surface area (Å²) in [6.07, 6.45) is 1.63. The predicted octanol–water partition coefficient (Wildman–Crippen LogP) is 2.73. The molecule has 0 aliphatic heterocycles. The van der Waals surface area contributed by atoms with Gasteiger partial charge in [0.1, 0.15) is 11.6 Å². The minimum atomic E-state index is -0.536. The Morgan fingerprint density at radius 3 is 2.32 bits per heavy atom. The van der Waals surface area contributed by atoms with Crippen molar-refractivity contribution in [3.63, 3.8) is 0 Å². The molecule has 0 radical (unpaired) electrons. The number of carbonyl (C=O) groups is 1. The molecule has 0 aliphatic rings. The lowest BCUT2D eigenvalue weighted by atomic mass is 10.0. The van der Waals surface area contributed by atoms with E-state index in [2.05, 4.69) is 10.2 Å². The number of benzene rings is 2. The van der Waals surface area contributed by atoms with Gasteiger partial charge in [-0.1, -0.05) is 24.3 Å². The van der Waals surface area contributed by atoms with Gasteiger partial charge in [0, 0.05) is 6.42 Å². The van der Waals surface area contributed by atoms with E-state index in [4.69, 9.17) is 5.73 Å². The lowest BCUT2D eigenvalue weighted by molar-refractivity contribution is 0.0998. The summed E-state index contributed by atoms with van der Waals surface area (Å²) in [5.74, 6) is -0.632. The summed E-state index contributed by atoms with van der Waals surface area (Å²) in [6, 6.07) is 13.0. The molecule has 0 fully saturated rings. The maximum atomic E-state index is 13.0. The highest BCUT2D eigenvalue weighted by Gasteiger charge is 2.18. The molecule has 3 rings (SSSR count). The number of hydrogen-bond acceptors (Lipinski definition) is 3. The number of rotatable bonds is 6. The normalized spacial score (nSPS) is 10.8. The number of aromatic hydroxyl groups is 1. The molecule has 0 spiro atoms. The van der Waals surface area contributed by atoms with Gasteiger partial charge in [0.15, 0.2) is 0 Å². The van der Waals surface area contributed by atoms with E-state index in [-0.39, 0.29) is 11.6 Å². The van der Waals surface area contributed by atoms with Gasteiger partial charge in [0.2, 0.25) is 0 Å². The van der Waals surface area contributed by atoms with E-state index in [0.29, 0.717) is 36.2 Å². The number of aromatic amines is 1. The third-order valence-corrected chi connectivity index (χ3v) is 4.04. The second-order valence-corrected chi connectivity index (χ2v) is 5.86. The molecule has 0 unspecified atom stereocenters. The Balaban J connectivity index is 1.78. The van der Waals surface area contributed by atoms with Gasteiger partial charge in [-0.3, -0.25) is 9.89 Å². The molecule has 0 saturated carbocycles. The van der Waals surface area contributed by atoms with Crippen LogP contribution in [-0.2, 0) is 19.3 Å². The maximum Gasteiger partial charge on any atom is 0.252 e. The van der Waals surface area contributed by atoms with Crippen LogP contribution in [-0.4, -0.2) is 21.2 Å². The highest BCUT2D eigenvalue weighted by atomic mass is 19.1. The van der Waals surface area contributed by atoms with E-state index in [9.17, 15) is 14.3 Å². The minimum absolute atomic E-state index is 0.211. The van der Waals surface area contributed by atoms with Crippen LogP contribution in [0.4, 0.5) is 4.39 Å². The number of H-pyrrole nitrogens is 1. The number of amides is 1. The zero-order valence-electron chi connectivity index (χ0n) is 13.5. The van der Waals surface area contributed by atoms with Gasteiger partial charge in [-0.2, -0.15) is 5.10 Å². The number of hydrogen-bond donors (Lipinski definition) is 3. The summed E-state index contributed by atoms with van der Waals surface area (Å²) in [5.41, 5.74) is 9.04. The fourth-order valence-corrected chi connectivity index (χ4v) is 2.75. The number of nitrogens with one attached hydrogen (secondary N) is 1. The Morgan fingerprint density at radius 1 is 1.04 bits per heavy atom. The van der Waals surface area contributed by atoms with Gasteiger partial charge in [-0.15, -0.1) is 0 Å². The highest BCUT2D eigenvalue weighted by molar-refractivity contribution is 5.95. The Labute approximate surface area is 144 Å². The third-order valence-electron chi connectivity index (χ3n) is 4.04. The van der Waals surface area contributed by atoms with E-state index < -0.39 is 5.91 Å². The quantitative estimate of drug-likeness (QED) is 0.645. The Kier molecular flexibility index (Phi) is 4.79. The van der Waals surface area contributed by atoms with Gasteiger partial charge in [0.25, 0.3) is 5.91 Å². The number of aryl methyl sites for hydroxylation is 2.